The van der Waals surface area contributed by atoms with Crippen molar-refractivity contribution >= 4 is 5.97 Å². The van der Waals surface area contributed by atoms with Crippen LogP contribution in [0.3, 0.4) is 0 Å². The first kappa shape index (κ1) is 14.5. The first-order chi connectivity index (χ1) is 9.20. The first-order valence-electron chi connectivity index (χ1n) is 6.87. The summed E-state index contributed by atoms with van der Waals surface area (Å²) in [6.07, 6.45) is 7.04. The number of carbonyl (C=O) groups is 1. The van der Waals surface area contributed by atoms with Crippen molar-refractivity contribution in [3.05, 3.63) is 12.2 Å². The summed E-state index contributed by atoms with van der Waals surface area (Å²) in [4.78, 5) is 10.9. The fraction of sp³-hybridized carbons (Fsp3) is 0.786. The highest BCUT2D eigenvalue weighted by Crippen LogP contribution is 2.34. The number of ether oxygens (including phenoxy) is 3. The summed E-state index contributed by atoms with van der Waals surface area (Å²) in [7, 11) is 1.40. The average molecular weight is 270 g/mol. The van der Waals surface area contributed by atoms with Crippen LogP contribution in [0.25, 0.3) is 0 Å². The van der Waals surface area contributed by atoms with Gasteiger partial charge in [0.15, 0.2) is 6.29 Å². The minimum atomic E-state index is -0.342. The molecule has 2 aliphatic rings. The third kappa shape index (κ3) is 4.03. The molecule has 2 saturated heterocycles. The van der Waals surface area contributed by atoms with E-state index in [-0.39, 0.29) is 30.4 Å². The van der Waals surface area contributed by atoms with Crippen LogP contribution in [0.5, 0.6) is 0 Å². The van der Waals surface area contributed by atoms with E-state index in [4.69, 9.17) is 9.47 Å². The molecule has 2 fully saturated rings. The Bertz CT molecular complexity index is 328. The van der Waals surface area contributed by atoms with E-state index in [1.165, 1.54) is 7.11 Å². The van der Waals surface area contributed by atoms with Crippen LogP contribution >= 0.6 is 0 Å². The molecule has 0 unspecified atom stereocenters. The molecule has 4 atom stereocenters. The normalized spacial score (nSPS) is 33.8. The molecule has 108 valence electrons. The zero-order valence-corrected chi connectivity index (χ0v) is 11.3. The van der Waals surface area contributed by atoms with Gasteiger partial charge in [0.1, 0.15) is 0 Å². The van der Waals surface area contributed by atoms with Crippen LogP contribution in [0.15, 0.2) is 12.2 Å². The van der Waals surface area contributed by atoms with Gasteiger partial charge in [-0.05, 0) is 19.3 Å². The number of hydrogen-bond acceptors (Lipinski definition) is 5. The van der Waals surface area contributed by atoms with Gasteiger partial charge < -0.3 is 19.3 Å². The topological polar surface area (TPSA) is 65.0 Å². The smallest absolute Gasteiger partial charge is 0.305 e. The molecule has 0 aromatic rings. The maximum Gasteiger partial charge on any atom is 0.305 e. The summed E-state index contributed by atoms with van der Waals surface area (Å²) in [6.45, 7) is 0.586. The molecule has 5 nitrogen and oxygen atoms in total. The number of methoxy groups -OCH3 is 1. The Balaban J connectivity index is 1.65. The van der Waals surface area contributed by atoms with Crippen molar-refractivity contribution in [2.75, 3.05) is 13.7 Å². The summed E-state index contributed by atoms with van der Waals surface area (Å²) in [5, 5.41) is 10.0. The average Bonchev–Trinajstić information content (AvgIpc) is 2.79. The van der Waals surface area contributed by atoms with Gasteiger partial charge in [-0.25, -0.2) is 0 Å². The van der Waals surface area contributed by atoms with E-state index >= 15 is 0 Å². The van der Waals surface area contributed by atoms with Crippen LogP contribution in [-0.4, -0.2) is 43.3 Å². The lowest BCUT2D eigenvalue weighted by Gasteiger charge is -2.31. The maximum atomic E-state index is 10.9. The van der Waals surface area contributed by atoms with Gasteiger partial charge in [-0.2, -0.15) is 0 Å². The molecule has 0 aromatic heterocycles. The zero-order chi connectivity index (χ0) is 13.7. The van der Waals surface area contributed by atoms with Gasteiger partial charge in [0.05, 0.1) is 25.9 Å². The minimum absolute atomic E-state index is 0.0217. The van der Waals surface area contributed by atoms with Crippen molar-refractivity contribution in [1.82, 2.24) is 0 Å². The lowest BCUT2D eigenvalue weighted by Crippen LogP contribution is -2.39. The Labute approximate surface area is 113 Å². The summed E-state index contributed by atoms with van der Waals surface area (Å²) in [6, 6.07) is 0. The molecule has 0 saturated carbocycles. The van der Waals surface area contributed by atoms with Crippen molar-refractivity contribution in [2.24, 2.45) is 5.92 Å². The number of hydrogen-bond donors (Lipinski definition) is 1. The Hall–Kier alpha value is -0.910. The first-order valence-corrected chi connectivity index (χ1v) is 6.87. The van der Waals surface area contributed by atoms with Crippen LogP contribution in [0.1, 0.15) is 32.1 Å². The predicted molar refractivity (Wildman–Crippen MR) is 68.4 cm³/mol. The fourth-order valence-electron chi connectivity index (χ4n) is 2.59. The summed E-state index contributed by atoms with van der Waals surface area (Å²) in [5.74, 6) is -0.0470. The van der Waals surface area contributed by atoms with Crippen LogP contribution < -0.4 is 0 Å². The molecule has 0 amide bonds. The van der Waals surface area contributed by atoms with Crippen molar-refractivity contribution in [3.8, 4) is 0 Å². The van der Waals surface area contributed by atoms with E-state index in [1.807, 2.05) is 0 Å². The monoisotopic (exact) mass is 270 g/mol. The highest BCUT2D eigenvalue weighted by atomic mass is 16.7. The number of fused-ring (bicyclic) bond motifs is 2. The molecule has 2 rings (SSSR count). The predicted octanol–water partition coefficient (Wildman–Crippen LogP) is 1.40. The number of allylic oxidation sites excluding steroid dienone is 2. The number of unbranched alkanes of at least 4 members (excludes halogenated alkanes) is 1. The molecular formula is C14H22O5. The fourth-order valence-corrected chi connectivity index (χ4v) is 2.59. The molecule has 0 aliphatic carbocycles. The molecule has 1 N–H and O–H groups in total. The molecule has 2 aliphatic heterocycles. The highest BCUT2D eigenvalue weighted by Gasteiger charge is 2.42. The Morgan fingerprint density at radius 1 is 1.47 bits per heavy atom. The Morgan fingerprint density at radius 2 is 2.32 bits per heavy atom. The number of carbonyl (C=O) groups excluding carboxylic acids is 1. The van der Waals surface area contributed by atoms with E-state index in [9.17, 15) is 9.90 Å². The summed E-state index contributed by atoms with van der Waals surface area (Å²) >= 11 is 0. The largest absolute Gasteiger partial charge is 0.469 e. The van der Waals surface area contributed by atoms with E-state index in [2.05, 4.69) is 16.9 Å². The third-order valence-corrected chi connectivity index (χ3v) is 3.73. The SMILES string of the molecule is COC(=O)CCC/C=C\C[C@H]1[C@H](O)C[C@@H]2OC[C@H]1O2. The van der Waals surface area contributed by atoms with E-state index < -0.39 is 0 Å². The minimum Gasteiger partial charge on any atom is -0.469 e. The summed E-state index contributed by atoms with van der Waals surface area (Å²) < 4.78 is 15.6. The van der Waals surface area contributed by atoms with Crippen molar-refractivity contribution in [3.63, 3.8) is 0 Å². The third-order valence-electron chi connectivity index (χ3n) is 3.73. The molecule has 0 aromatic carbocycles. The second-order valence-electron chi connectivity index (χ2n) is 5.08. The van der Waals surface area contributed by atoms with Crippen LogP contribution in [0.2, 0.25) is 0 Å². The molecule has 2 heterocycles. The number of aliphatic hydroxyl groups is 1. The van der Waals surface area contributed by atoms with Gasteiger partial charge in [0.2, 0.25) is 0 Å². The second-order valence-corrected chi connectivity index (χ2v) is 5.08. The van der Waals surface area contributed by atoms with E-state index in [1.54, 1.807) is 0 Å². The van der Waals surface area contributed by atoms with E-state index in [0.717, 1.165) is 19.3 Å². The quantitative estimate of drug-likeness (QED) is 0.449. The molecule has 5 heteroatoms. The lowest BCUT2D eigenvalue weighted by atomic mass is 9.89. The van der Waals surface area contributed by atoms with Gasteiger partial charge in [0, 0.05) is 18.8 Å². The van der Waals surface area contributed by atoms with Gasteiger partial charge in [-0.15, -0.1) is 0 Å². The van der Waals surface area contributed by atoms with Gasteiger partial charge in [-0.1, -0.05) is 12.2 Å². The Kier molecular flexibility index (Phi) is 5.36. The van der Waals surface area contributed by atoms with Gasteiger partial charge >= 0.3 is 5.97 Å². The van der Waals surface area contributed by atoms with Crippen LogP contribution in [0, 0.1) is 5.92 Å². The van der Waals surface area contributed by atoms with Crippen LogP contribution in [-0.2, 0) is 19.0 Å². The number of aliphatic hydroxyl groups excluding tert-OH is 1. The number of esters is 1. The Morgan fingerprint density at radius 3 is 3.11 bits per heavy atom. The number of rotatable bonds is 6. The van der Waals surface area contributed by atoms with Crippen LogP contribution in [0.4, 0.5) is 0 Å². The molecule has 0 spiro atoms. The molecular weight excluding hydrogens is 248 g/mol. The van der Waals surface area contributed by atoms with Crippen molar-refractivity contribution in [2.45, 2.75) is 50.6 Å². The van der Waals surface area contributed by atoms with Gasteiger partial charge in [0.25, 0.3) is 0 Å². The molecule has 19 heavy (non-hydrogen) atoms. The standard InChI is InChI=1S/C14H22O5/c1-17-13(16)7-5-3-2-4-6-10-11(15)8-14-18-9-12(10)19-14/h2,4,10-12,14-15H,3,5-9H2,1H3/b4-2-/t10-,11+,12+,14+/m0/s1. The zero-order valence-electron chi connectivity index (χ0n) is 11.3. The van der Waals surface area contributed by atoms with Gasteiger partial charge in [-0.3, -0.25) is 4.79 Å². The lowest BCUT2D eigenvalue weighted by molar-refractivity contribution is -0.141. The maximum absolute atomic E-state index is 10.9. The van der Waals surface area contributed by atoms with Crippen molar-refractivity contribution in [1.29, 1.82) is 0 Å². The highest BCUT2D eigenvalue weighted by molar-refractivity contribution is 5.68. The van der Waals surface area contributed by atoms with Crippen molar-refractivity contribution < 1.29 is 24.1 Å². The second kappa shape index (κ2) is 7.03. The molecule has 2 bridgehead atoms. The summed E-state index contributed by atoms with van der Waals surface area (Å²) in [5.41, 5.74) is 0. The molecule has 0 radical (unpaired) electrons. The van der Waals surface area contributed by atoms with E-state index in [0.29, 0.717) is 19.4 Å².